The van der Waals surface area contributed by atoms with Crippen LogP contribution in [0.4, 0.5) is 16.2 Å². The molecule has 5 heteroatoms. The number of carbonyl (C=O) groups is 1. The minimum absolute atomic E-state index is 0.254. The fourth-order valence-corrected chi connectivity index (χ4v) is 2.07. The Balaban J connectivity index is 2.66. The maximum atomic E-state index is 12.1. The topological polar surface area (TPSA) is 79.2 Å². The quantitative estimate of drug-likeness (QED) is 0.865. The third-order valence-electron chi connectivity index (χ3n) is 2.79. The van der Waals surface area contributed by atoms with Crippen LogP contribution in [0.1, 0.15) is 11.3 Å². The summed E-state index contributed by atoms with van der Waals surface area (Å²) in [6.45, 7) is 3.56. The molecule has 0 saturated carbocycles. The van der Waals surface area contributed by atoms with Crippen LogP contribution in [0.2, 0.25) is 0 Å². The summed E-state index contributed by atoms with van der Waals surface area (Å²) in [6, 6.07) is 9.95. The van der Waals surface area contributed by atoms with Gasteiger partial charge in [-0.15, -0.1) is 0 Å². The normalized spacial score (nSPS) is 10.2. The van der Waals surface area contributed by atoms with Crippen molar-refractivity contribution in [1.29, 1.82) is 0 Å². The molecular weight excluding hydrogens is 242 g/mol. The maximum absolute atomic E-state index is 12.1. The minimum atomic E-state index is -0.691. The van der Waals surface area contributed by atoms with Gasteiger partial charge in [-0.3, -0.25) is 9.69 Å². The molecule has 2 amide bonds. The number of hydrogen-bond donors (Lipinski definition) is 2. The zero-order valence-electron chi connectivity index (χ0n) is 10.8. The number of anilines is 2. The van der Waals surface area contributed by atoms with E-state index in [0.29, 0.717) is 11.3 Å². The highest BCUT2D eigenvalue weighted by atomic mass is 16.2. The van der Waals surface area contributed by atoms with Crippen molar-refractivity contribution in [2.75, 3.05) is 4.90 Å². The van der Waals surface area contributed by atoms with Crippen LogP contribution >= 0.6 is 0 Å². The van der Waals surface area contributed by atoms with E-state index in [1.165, 1.54) is 4.90 Å². The van der Waals surface area contributed by atoms with Gasteiger partial charge in [0.15, 0.2) is 0 Å². The molecule has 0 fully saturated rings. The van der Waals surface area contributed by atoms with Crippen LogP contribution < -0.4 is 16.2 Å². The second-order valence-electron chi connectivity index (χ2n) is 4.32. The van der Waals surface area contributed by atoms with E-state index in [0.717, 1.165) is 5.69 Å². The van der Waals surface area contributed by atoms with Crippen molar-refractivity contribution in [3.63, 3.8) is 0 Å². The number of nitrogens with one attached hydrogen (secondary N) is 1. The number of rotatable bonds is 2. The standard InChI is InChI=1S/C14H15N3O2/c1-9-8-10(2)16-13(18)12(9)17(14(15)19)11-6-4-3-5-7-11/h3-8H,1-2H3,(H2,15,19)(H,16,18). The van der Waals surface area contributed by atoms with Crippen LogP contribution in [-0.2, 0) is 0 Å². The van der Waals surface area contributed by atoms with Crippen LogP contribution in [0.3, 0.4) is 0 Å². The summed E-state index contributed by atoms with van der Waals surface area (Å²) in [5.41, 5.74) is 7.33. The Morgan fingerprint density at radius 3 is 2.37 bits per heavy atom. The van der Waals surface area contributed by atoms with E-state index >= 15 is 0 Å². The zero-order chi connectivity index (χ0) is 14.0. The number of para-hydroxylation sites is 1. The number of H-pyrrole nitrogens is 1. The lowest BCUT2D eigenvalue weighted by Crippen LogP contribution is -2.36. The second-order valence-corrected chi connectivity index (χ2v) is 4.32. The molecule has 0 aliphatic heterocycles. The van der Waals surface area contributed by atoms with E-state index in [4.69, 9.17) is 5.73 Å². The number of aromatic nitrogens is 1. The number of aryl methyl sites for hydroxylation is 2. The molecule has 1 aromatic heterocycles. The average Bonchev–Trinajstić information content (AvgIpc) is 2.34. The fraction of sp³-hybridized carbons (Fsp3) is 0.143. The van der Waals surface area contributed by atoms with Crippen molar-refractivity contribution in [2.24, 2.45) is 5.73 Å². The largest absolute Gasteiger partial charge is 0.351 e. The molecule has 1 heterocycles. The van der Waals surface area contributed by atoms with Gasteiger partial charge in [0.05, 0.1) is 5.69 Å². The number of nitrogens with zero attached hydrogens (tertiary/aromatic N) is 1. The number of carbonyl (C=O) groups excluding carboxylic acids is 1. The molecular formula is C14H15N3O2. The molecule has 19 heavy (non-hydrogen) atoms. The Kier molecular flexibility index (Phi) is 3.37. The highest BCUT2D eigenvalue weighted by molar-refractivity contribution is 5.98. The SMILES string of the molecule is Cc1cc(C)c(N(C(N)=O)c2ccccc2)c(=O)[nH]1. The number of primary amides is 1. The molecule has 0 spiro atoms. The third-order valence-corrected chi connectivity index (χ3v) is 2.79. The first-order chi connectivity index (χ1) is 9.00. The first kappa shape index (κ1) is 12.9. The van der Waals surface area contributed by atoms with Crippen LogP contribution in [0.5, 0.6) is 0 Å². The highest BCUT2D eigenvalue weighted by Crippen LogP contribution is 2.24. The van der Waals surface area contributed by atoms with Crippen LogP contribution in [0, 0.1) is 13.8 Å². The summed E-state index contributed by atoms with van der Waals surface area (Å²) >= 11 is 0. The summed E-state index contributed by atoms with van der Waals surface area (Å²) in [5, 5.41) is 0. The number of aromatic amines is 1. The average molecular weight is 257 g/mol. The second kappa shape index (κ2) is 4.97. The Labute approximate surface area is 110 Å². The number of hydrogen-bond acceptors (Lipinski definition) is 2. The van der Waals surface area contributed by atoms with Crippen LogP contribution in [0.25, 0.3) is 0 Å². The Hall–Kier alpha value is -2.56. The molecule has 0 atom stereocenters. The van der Waals surface area contributed by atoms with Gasteiger partial charge in [0.2, 0.25) is 0 Å². The van der Waals surface area contributed by atoms with Gasteiger partial charge in [-0.05, 0) is 37.6 Å². The molecule has 2 rings (SSSR count). The molecule has 0 bridgehead atoms. The third kappa shape index (κ3) is 2.49. The lowest BCUT2D eigenvalue weighted by molar-refractivity contribution is 0.256. The van der Waals surface area contributed by atoms with Gasteiger partial charge in [0.25, 0.3) is 5.56 Å². The monoisotopic (exact) mass is 257 g/mol. The number of urea groups is 1. The van der Waals surface area contributed by atoms with Gasteiger partial charge in [-0.1, -0.05) is 18.2 Å². The highest BCUT2D eigenvalue weighted by Gasteiger charge is 2.20. The zero-order valence-corrected chi connectivity index (χ0v) is 10.8. The van der Waals surface area contributed by atoms with Crippen molar-refractivity contribution in [3.8, 4) is 0 Å². The van der Waals surface area contributed by atoms with Crippen molar-refractivity contribution >= 4 is 17.4 Å². The predicted molar refractivity (Wildman–Crippen MR) is 74.7 cm³/mol. The van der Waals surface area contributed by atoms with Gasteiger partial charge >= 0.3 is 6.03 Å². The van der Waals surface area contributed by atoms with E-state index in [1.54, 1.807) is 44.2 Å². The summed E-state index contributed by atoms with van der Waals surface area (Å²) in [5.74, 6) is 0. The first-order valence-corrected chi connectivity index (χ1v) is 5.86. The van der Waals surface area contributed by atoms with Crippen molar-refractivity contribution in [3.05, 3.63) is 58.0 Å². The number of benzene rings is 1. The van der Waals surface area contributed by atoms with E-state index < -0.39 is 6.03 Å². The molecule has 98 valence electrons. The Morgan fingerprint density at radius 1 is 1.21 bits per heavy atom. The van der Waals surface area contributed by atoms with Gasteiger partial charge in [0.1, 0.15) is 5.69 Å². The van der Waals surface area contributed by atoms with E-state index in [-0.39, 0.29) is 11.2 Å². The smallest absolute Gasteiger partial charge is 0.324 e. The molecule has 2 aromatic rings. The number of nitrogens with two attached hydrogens (primary N) is 1. The van der Waals surface area contributed by atoms with Crippen LogP contribution in [-0.4, -0.2) is 11.0 Å². The summed E-state index contributed by atoms with van der Waals surface area (Å²) < 4.78 is 0. The molecule has 3 N–H and O–H groups in total. The molecule has 0 saturated heterocycles. The van der Waals surface area contributed by atoms with E-state index in [1.807, 2.05) is 6.07 Å². The molecule has 5 nitrogen and oxygen atoms in total. The maximum Gasteiger partial charge on any atom is 0.324 e. The van der Waals surface area contributed by atoms with Crippen molar-refractivity contribution in [2.45, 2.75) is 13.8 Å². The van der Waals surface area contributed by atoms with E-state index in [2.05, 4.69) is 4.98 Å². The molecule has 1 aromatic carbocycles. The van der Waals surface area contributed by atoms with Crippen molar-refractivity contribution < 1.29 is 4.79 Å². The molecule has 0 aliphatic rings. The molecule has 0 aliphatic carbocycles. The van der Waals surface area contributed by atoms with Gasteiger partial charge in [-0.2, -0.15) is 0 Å². The number of amides is 2. The predicted octanol–water partition coefficient (Wildman–Crippen LogP) is 2.21. The first-order valence-electron chi connectivity index (χ1n) is 5.86. The van der Waals surface area contributed by atoms with E-state index in [9.17, 15) is 9.59 Å². The van der Waals surface area contributed by atoms with Gasteiger partial charge in [0, 0.05) is 5.69 Å². The lowest BCUT2D eigenvalue weighted by Gasteiger charge is -2.21. The van der Waals surface area contributed by atoms with Gasteiger partial charge < -0.3 is 10.7 Å². The summed E-state index contributed by atoms with van der Waals surface area (Å²) in [4.78, 5) is 27.7. The minimum Gasteiger partial charge on any atom is -0.351 e. The van der Waals surface area contributed by atoms with Crippen LogP contribution in [0.15, 0.2) is 41.2 Å². The fourth-order valence-electron chi connectivity index (χ4n) is 2.07. The molecule has 0 radical (unpaired) electrons. The van der Waals surface area contributed by atoms with Crippen molar-refractivity contribution in [1.82, 2.24) is 4.98 Å². The Morgan fingerprint density at radius 2 is 1.84 bits per heavy atom. The summed E-state index contributed by atoms with van der Waals surface area (Å²) in [7, 11) is 0. The lowest BCUT2D eigenvalue weighted by atomic mass is 10.2. The van der Waals surface area contributed by atoms with Gasteiger partial charge in [-0.25, -0.2) is 4.79 Å². The molecule has 0 unspecified atom stereocenters. The Bertz CT molecular complexity index is 662. The summed E-state index contributed by atoms with van der Waals surface area (Å²) in [6.07, 6.45) is 0. The number of pyridine rings is 1.